The van der Waals surface area contributed by atoms with Gasteiger partial charge < -0.3 is 4.57 Å². The lowest BCUT2D eigenvalue weighted by molar-refractivity contribution is -0.134. The van der Waals surface area contributed by atoms with E-state index in [1.807, 2.05) is 83.1 Å². The van der Waals surface area contributed by atoms with Gasteiger partial charge >= 0.3 is 0 Å². The zero-order valence-corrected chi connectivity index (χ0v) is 39.9. The van der Waals surface area contributed by atoms with Crippen LogP contribution in [0.25, 0.3) is 54.1 Å². The smallest absolute Gasteiger partial charge is 0.143 e. The van der Waals surface area contributed by atoms with Gasteiger partial charge in [-0.15, -0.1) is 0 Å². The molecule has 340 valence electrons. The molecular formula is C58H86N2O2. The Bertz CT molecular complexity index is 2180. The number of hydrogen-bond acceptors (Lipinski definition) is 3. The van der Waals surface area contributed by atoms with E-state index in [9.17, 15) is 9.59 Å². The van der Waals surface area contributed by atoms with Crippen LogP contribution in [0.3, 0.4) is 0 Å². The number of rotatable bonds is 0. The number of hydrogen-bond donors (Lipinski definition) is 0. The number of Topliss-reactive ketones (excluding diaryl/α,β-unsaturated/α-hetero) is 2. The Hall–Kier alpha value is -4.57. The standard InChI is InChI=1S/C26H20.C11H12N2.C7H10O2.6C2H6.2CH4/c1-3-15-7-11-19-21-13-9-17-5-2-6-18-10-14-22(26(21)24(17)18)20-12-8-16(4-1)23(15)25(19)20;1-2-6-10-9(5-1)12-11-7-3-4-8-13(10)11;1-5-6(8)3-2-4-7(5)9;6*1-2;;/h7-14H,1-6H2;1-2,5-6H,3-4,7-8H2;5H,2-4H2,1H3;6*1-2H3;2*1H4. The minimum atomic E-state index is -0.307. The molecule has 3 aliphatic carbocycles. The Morgan fingerprint density at radius 3 is 1.19 bits per heavy atom. The van der Waals surface area contributed by atoms with Crippen LogP contribution in [-0.2, 0) is 48.2 Å². The van der Waals surface area contributed by atoms with E-state index in [-0.39, 0.29) is 32.3 Å². The molecule has 4 heteroatoms. The van der Waals surface area contributed by atoms with E-state index in [1.165, 1.54) is 95.0 Å². The molecule has 0 amide bonds. The number of para-hydroxylation sites is 2. The summed E-state index contributed by atoms with van der Waals surface area (Å²) in [6.07, 6.45) is 13.2. The lowest BCUT2D eigenvalue weighted by Gasteiger charge is -2.24. The van der Waals surface area contributed by atoms with Crippen LogP contribution in [0, 0.1) is 5.92 Å². The second kappa shape index (κ2) is 28.2. The first-order valence-electron chi connectivity index (χ1n) is 24.2. The normalized spacial score (nSPS) is 14.1. The topological polar surface area (TPSA) is 52.0 Å². The second-order valence-corrected chi connectivity index (χ2v) is 14.4. The van der Waals surface area contributed by atoms with Gasteiger partial charge in [-0.1, -0.05) is 159 Å². The number of imidazole rings is 1. The number of benzene rings is 6. The molecule has 1 fully saturated rings. The zero-order chi connectivity index (χ0) is 44.4. The fourth-order valence-electron chi connectivity index (χ4n) is 9.12. The van der Waals surface area contributed by atoms with Gasteiger partial charge in [0.2, 0.25) is 0 Å². The van der Waals surface area contributed by atoms with E-state index >= 15 is 0 Å². The monoisotopic (exact) mass is 843 g/mol. The summed E-state index contributed by atoms with van der Waals surface area (Å²) in [6, 6.07) is 27.7. The van der Waals surface area contributed by atoms with Gasteiger partial charge in [-0.3, -0.25) is 9.59 Å². The Kier molecular flexibility index (Phi) is 25.2. The van der Waals surface area contributed by atoms with E-state index in [1.54, 1.807) is 39.9 Å². The largest absolute Gasteiger partial charge is 0.328 e. The Labute approximate surface area is 378 Å². The second-order valence-electron chi connectivity index (χ2n) is 14.4. The van der Waals surface area contributed by atoms with Gasteiger partial charge in [0.05, 0.1) is 17.0 Å². The molecule has 11 rings (SSSR count). The maximum atomic E-state index is 10.8. The third-order valence-electron chi connectivity index (χ3n) is 11.6. The molecule has 1 aliphatic heterocycles. The van der Waals surface area contributed by atoms with E-state index in [2.05, 4.69) is 82.3 Å². The van der Waals surface area contributed by atoms with Crippen molar-refractivity contribution in [2.24, 2.45) is 5.92 Å². The summed E-state index contributed by atoms with van der Waals surface area (Å²) in [5, 5.41) is 12.0. The highest BCUT2D eigenvalue weighted by Crippen LogP contribution is 2.46. The molecule has 0 bridgehead atoms. The molecule has 7 aromatic rings. The molecule has 0 saturated heterocycles. The number of nitrogens with zero attached hydrogens (tertiary/aromatic N) is 2. The van der Waals surface area contributed by atoms with Crippen molar-refractivity contribution in [3.8, 4) is 0 Å². The molecule has 1 aromatic heterocycles. The molecule has 0 unspecified atom stereocenters. The summed E-state index contributed by atoms with van der Waals surface area (Å²) in [7, 11) is 0. The summed E-state index contributed by atoms with van der Waals surface area (Å²) >= 11 is 0. The van der Waals surface area contributed by atoms with Crippen molar-refractivity contribution in [2.45, 2.75) is 188 Å². The number of fused-ring (bicyclic) bond motifs is 5. The third-order valence-corrected chi connectivity index (χ3v) is 11.6. The first kappa shape index (κ1) is 55.4. The molecule has 4 nitrogen and oxygen atoms in total. The summed E-state index contributed by atoms with van der Waals surface area (Å²) in [4.78, 5) is 26.2. The van der Waals surface area contributed by atoms with Crippen LogP contribution in [0.5, 0.6) is 0 Å². The lowest BCUT2D eigenvalue weighted by Crippen LogP contribution is -2.25. The maximum absolute atomic E-state index is 10.8. The van der Waals surface area contributed by atoms with Gasteiger partial charge in [0, 0.05) is 25.8 Å². The maximum Gasteiger partial charge on any atom is 0.143 e. The first-order chi connectivity index (χ1) is 29.6. The van der Waals surface area contributed by atoms with Crippen LogP contribution in [0.4, 0.5) is 0 Å². The van der Waals surface area contributed by atoms with Crippen molar-refractivity contribution in [2.75, 3.05) is 0 Å². The quantitative estimate of drug-likeness (QED) is 0.0868. The number of ketones is 2. The summed E-state index contributed by atoms with van der Waals surface area (Å²) in [5.41, 5.74) is 8.68. The molecule has 1 saturated carbocycles. The van der Waals surface area contributed by atoms with Gasteiger partial charge in [-0.05, 0) is 142 Å². The van der Waals surface area contributed by atoms with Crippen LogP contribution in [0.15, 0.2) is 72.8 Å². The fourth-order valence-corrected chi connectivity index (χ4v) is 9.12. The molecule has 0 spiro atoms. The van der Waals surface area contributed by atoms with Crippen LogP contribution in [-0.4, -0.2) is 21.1 Å². The number of carbonyl (C=O) groups is 2. The van der Waals surface area contributed by atoms with Crippen molar-refractivity contribution < 1.29 is 9.59 Å². The molecule has 2 heterocycles. The minimum Gasteiger partial charge on any atom is -0.328 e. The van der Waals surface area contributed by atoms with Gasteiger partial charge in [-0.25, -0.2) is 4.98 Å². The summed E-state index contributed by atoms with van der Waals surface area (Å²) in [6.45, 7) is 26.8. The Balaban J connectivity index is 0.000000454. The zero-order valence-electron chi connectivity index (χ0n) is 39.9. The van der Waals surface area contributed by atoms with Crippen LogP contribution < -0.4 is 0 Å². The van der Waals surface area contributed by atoms with Gasteiger partial charge in [0.1, 0.15) is 17.4 Å². The van der Waals surface area contributed by atoms with Crippen LogP contribution in [0.1, 0.15) is 178 Å². The first-order valence-corrected chi connectivity index (χ1v) is 24.2. The molecule has 4 aliphatic rings. The van der Waals surface area contributed by atoms with Crippen LogP contribution >= 0.6 is 0 Å². The molecule has 6 aromatic carbocycles. The van der Waals surface area contributed by atoms with E-state index in [0.717, 1.165) is 24.9 Å². The Morgan fingerprint density at radius 2 is 0.806 bits per heavy atom. The number of aromatic nitrogens is 2. The van der Waals surface area contributed by atoms with E-state index in [0.29, 0.717) is 12.8 Å². The lowest BCUT2D eigenvalue weighted by atomic mass is 9.80. The predicted molar refractivity (Wildman–Crippen MR) is 279 cm³/mol. The average Bonchev–Trinajstić information content (AvgIpc) is 3.72. The van der Waals surface area contributed by atoms with Crippen molar-refractivity contribution in [1.82, 2.24) is 9.55 Å². The molecule has 62 heavy (non-hydrogen) atoms. The molecule has 0 atom stereocenters. The van der Waals surface area contributed by atoms with Gasteiger partial charge in [0.25, 0.3) is 0 Å². The third kappa shape index (κ3) is 11.5. The number of carbonyl (C=O) groups excluding carboxylic acids is 2. The van der Waals surface area contributed by atoms with Gasteiger partial charge in [-0.2, -0.15) is 0 Å². The van der Waals surface area contributed by atoms with Crippen molar-refractivity contribution in [1.29, 1.82) is 0 Å². The predicted octanol–water partition coefficient (Wildman–Crippen LogP) is 17.5. The summed E-state index contributed by atoms with van der Waals surface area (Å²) in [5.74, 6) is 1.20. The van der Waals surface area contributed by atoms with E-state index in [4.69, 9.17) is 0 Å². The highest BCUT2D eigenvalue weighted by Gasteiger charge is 2.25. The van der Waals surface area contributed by atoms with Crippen molar-refractivity contribution >= 4 is 65.7 Å². The Morgan fingerprint density at radius 1 is 0.435 bits per heavy atom. The van der Waals surface area contributed by atoms with Crippen molar-refractivity contribution in [3.63, 3.8) is 0 Å². The van der Waals surface area contributed by atoms with E-state index < -0.39 is 0 Å². The van der Waals surface area contributed by atoms with Crippen LogP contribution in [0.2, 0.25) is 0 Å². The fraction of sp³-hybridized carbons (Fsp3) is 0.500. The summed E-state index contributed by atoms with van der Waals surface area (Å²) < 4.78 is 2.36. The SMILES string of the molecule is C.C.CC.CC.CC.CC.CC.CC.CC1C(=O)CCCC1=O.c1cc2c3ccc4c5c(ccc(c6ccc7c(c1CCC7)c26)c53)CCC4.c1ccc2c(c1)nc1n2CCCC1. The molecule has 0 N–H and O–H groups in total. The number of aryl methyl sites for hydroxylation is 6. The molecule has 0 radical (unpaired) electrons. The highest BCUT2D eigenvalue weighted by atomic mass is 16.2. The average molecular weight is 843 g/mol. The van der Waals surface area contributed by atoms with Crippen molar-refractivity contribution in [3.05, 3.63) is 101 Å². The van der Waals surface area contributed by atoms with Gasteiger partial charge in [0.15, 0.2) is 0 Å². The highest BCUT2D eigenvalue weighted by molar-refractivity contribution is 6.34. The molecular weight excluding hydrogens is 757 g/mol. The minimum absolute atomic E-state index is 0.